The lowest BCUT2D eigenvalue weighted by Crippen LogP contribution is -2.48. The molecule has 1 aromatic carbocycles. The highest BCUT2D eigenvalue weighted by Gasteiger charge is 2.31. The van der Waals surface area contributed by atoms with Crippen molar-refractivity contribution >= 4 is 5.69 Å². The third-order valence-corrected chi connectivity index (χ3v) is 3.97. The summed E-state index contributed by atoms with van der Waals surface area (Å²) in [4.78, 5) is 2.20. The van der Waals surface area contributed by atoms with Gasteiger partial charge < -0.3 is 20.1 Å². The van der Waals surface area contributed by atoms with Crippen LogP contribution in [0.2, 0.25) is 0 Å². The number of aliphatic hydroxyl groups excluding tert-OH is 1. The molecule has 20 heavy (non-hydrogen) atoms. The quantitative estimate of drug-likeness (QED) is 0.763. The zero-order chi connectivity index (χ0) is 14.6. The number of nitrogens with zero attached hydrogens (tertiary/aromatic N) is 1. The van der Waals surface area contributed by atoms with E-state index in [0.29, 0.717) is 6.04 Å². The lowest BCUT2D eigenvalue weighted by Gasteiger charge is -2.31. The van der Waals surface area contributed by atoms with Crippen LogP contribution in [0.5, 0.6) is 5.75 Å². The van der Waals surface area contributed by atoms with Crippen molar-refractivity contribution in [3.05, 3.63) is 24.3 Å². The fourth-order valence-electron chi connectivity index (χ4n) is 2.31. The van der Waals surface area contributed by atoms with Gasteiger partial charge >= 0.3 is 0 Å². The summed E-state index contributed by atoms with van der Waals surface area (Å²) in [5.41, 5.74) is 0.949. The molecule has 0 bridgehead atoms. The van der Waals surface area contributed by atoms with E-state index in [1.54, 1.807) is 7.11 Å². The number of benzene rings is 1. The van der Waals surface area contributed by atoms with Gasteiger partial charge in [0.25, 0.3) is 0 Å². The molecular weight excluding hydrogens is 252 g/mol. The number of methoxy groups -OCH3 is 1. The normalized spacial score (nSPS) is 17.6. The number of nitrogens with one attached hydrogen (secondary N) is 1. The zero-order valence-electron chi connectivity index (χ0n) is 12.7. The van der Waals surface area contributed by atoms with Gasteiger partial charge in [0.05, 0.1) is 13.7 Å². The average molecular weight is 278 g/mol. The van der Waals surface area contributed by atoms with Crippen molar-refractivity contribution in [2.24, 2.45) is 0 Å². The van der Waals surface area contributed by atoms with Gasteiger partial charge in [-0.05, 0) is 38.3 Å². The standard InChI is InChI=1S/C16H26N2O2/c1-16(12-19,17-13-7-8-13)9-10-18(2)14-5-4-6-15(11-14)20-3/h4-6,11,13,17,19H,7-10,12H2,1-3H3. The molecule has 1 unspecified atom stereocenters. The van der Waals surface area contributed by atoms with Crippen molar-refractivity contribution in [2.75, 3.05) is 32.2 Å². The van der Waals surface area contributed by atoms with Crippen molar-refractivity contribution in [1.82, 2.24) is 5.32 Å². The number of anilines is 1. The average Bonchev–Trinajstić information content (AvgIpc) is 3.28. The molecule has 1 aliphatic carbocycles. The molecule has 0 saturated heterocycles. The Bertz CT molecular complexity index is 434. The largest absolute Gasteiger partial charge is 0.497 e. The summed E-state index contributed by atoms with van der Waals surface area (Å²) in [6.07, 6.45) is 3.39. The summed E-state index contributed by atoms with van der Waals surface area (Å²) < 4.78 is 5.25. The predicted octanol–water partition coefficient (Wildman–Crippen LogP) is 2.02. The van der Waals surface area contributed by atoms with E-state index in [0.717, 1.165) is 24.4 Å². The Hall–Kier alpha value is -1.26. The first kappa shape index (κ1) is 15.1. The molecule has 112 valence electrons. The highest BCUT2D eigenvalue weighted by molar-refractivity contribution is 5.50. The Kier molecular flexibility index (Phi) is 4.89. The van der Waals surface area contributed by atoms with E-state index in [9.17, 15) is 5.11 Å². The van der Waals surface area contributed by atoms with Crippen LogP contribution in [-0.2, 0) is 0 Å². The Balaban J connectivity index is 1.90. The second-order valence-electron chi connectivity index (χ2n) is 6.01. The first-order valence-electron chi connectivity index (χ1n) is 7.30. The Labute approximate surface area is 121 Å². The Morgan fingerprint density at radius 3 is 2.80 bits per heavy atom. The van der Waals surface area contributed by atoms with E-state index < -0.39 is 0 Å². The maximum absolute atomic E-state index is 9.63. The van der Waals surface area contributed by atoms with Crippen LogP contribution >= 0.6 is 0 Å². The lowest BCUT2D eigenvalue weighted by atomic mass is 9.98. The predicted molar refractivity (Wildman–Crippen MR) is 82.5 cm³/mol. The molecule has 1 atom stereocenters. The molecule has 2 rings (SSSR count). The third kappa shape index (κ3) is 4.12. The summed E-state index contributed by atoms with van der Waals surface area (Å²) in [6.45, 7) is 3.17. The second-order valence-corrected chi connectivity index (χ2v) is 6.01. The smallest absolute Gasteiger partial charge is 0.120 e. The number of hydrogen-bond donors (Lipinski definition) is 2. The zero-order valence-corrected chi connectivity index (χ0v) is 12.7. The fourth-order valence-corrected chi connectivity index (χ4v) is 2.31. The molecule has 0 spiro atoms. The number of ether oxygens (including phenoxy) is 1. The van der Waals surface area contributed by atoms with Gasteiger partial charge in [-0.1, -0.05) is 6.07 Å². The van der Waals surface area contributed by atoms with E-state index in [-0.39, 0.29) is 12.1 Å². The molecule has 4 nitrogen and oxygen atoms in total. The Morgan fingerprint density at radius 2 is 2.20 bits per heavy atom. The van der Waals surface area contributed by atoms with Gasteiger partial charge in [-0.15, -0.1) is 0 Å². The molecular formula is C16H26N2O2. The summed E-state index contributed by atoms with van der Waals surface area (Å²) in [5.74, 6) is 0.871. The van der Waals surface area contributed by atoms with Gasteiger partial charge in [0.15, 0.2) is 0 Å². The minimum Gasteiger partial charge on any atom is -0.497 e. The maximum atomic E-state index is 9.63. The van der Waals surface area contributed by atoms with Crippen LogP contribution in [0, 0.1) is 0 Å². The molecule has 1 aromatic rings. The topological polar surface area (TPSA) is 44.7 Å². The van der Waals surface area contributed by atoms with Crippen LogP contribution in [0.1, 0.15) is 26.2 Å². The van der Waals surface area contributed by atoms with Crippen LogP contribution < -0.4 is 15.0 Å². The summed E-state index contributed by atoms with van der Waals surface area (Å²) in [6, 6.07) is 8.66. The lowest BCUT2D eigenvalue weighted by molar-refractivity contribution is 0.165. The first-order valence-corrected chi connectivity index (χ1v) is 7.30. The minimum atomic E-state index is -0.186. The molecule has 1 saturated carbocycles. The van der Waals surface area contributed by atoms with Crippen LogP contribution in [0.15, 0.2) is 24.3 Å². The number of aliphatic hydroxyl groups is 1. The number of rotatable bonds is 8. The molecule has 0 amide bonds. The van der Waals surface area contributed by atoms with Gasteiger partial charge in [0, 0.05) is 36.9 Å². The molecule has 1 fully saturated rings. The molecule has 0 aliphatic heterocycles. The molecule has 4 heteroatoms. The van der Waals surface area contributed by atoms with Gasteiger partial charge in [-0.25, -0.2) is 0 Å². The molecule has 0 radical (unpaired) electrons. The molecule has 0 heterocycles. The van der Waals surface area contributed by atoms with Crippen LogP contribution in [0.25, 0.3) is 0 Å². The summed E-state index contributed by atoms with van der Waals surface area (Å²) >= 11 is 0. The van der Waals surface area contributed by atoms with Crippen molar-refractivity contribution in [3.63, 3.8) is 0 Å². The van der Waals surface area contributed by atoms with Crippen LogP contribution in [-0.4, -0.2) is 44.0 Å². The maximum Gasteiger partial charge on any atom is 0.120 e. The monoisotopic (exact) mass is 278 g/mol. The Morgan fingerprint density at radius 1 is 1.45 bits per heavy atom. The highest BCUT2D eigenvalue weighted by atomic mass is 16.5. The van der Waals surface area contributed by atoms with Gasteiger partial charge in [-0.2, -0.15) is 0 Å². The van der Waals surface area contributed by atoms with Gasteiger partial charge in [-0.3, -0.25) is 0 Å². The first-order chi connectivity index (χ1) is 9.56. The van der Waals surface area contributed by atoms with Crippen LogP contribution in [0.3, 0.4) is 0 Å². The fraction of sp³-hybridized carbons (Fsp3) is 0.625. The van der Waals surface area contributed by atoms with Crippen molar-refractivity contribution < 1.29 is 9.84 Å². The van der Waals surface area contributed by atoms with Crippen molar-refractivity contribution in [2.45, 2.75) is 37.8 Å². The van der Waals surface area contributed by atoms with Gasteiger partial charge in [0.2, 0.25) is 0 Å². The van der Waals surface area contributed by atoms with E-state index >= 15 is 0 Å². The minimum absolute atomic E-state index is 0.176. The highest BCUT2D eigenvalue weighted by Crippen LogP contribution is 2.25. The van der Waals surface area contributed by atoms with E-state index in [4.69, 9.17) is 4.74 Å². The van der Waals surface area contributed by atoms with E-state index in [1.165, 1.54) is 12.8 Å². The van der Waals surface area contributed by atoms with Gasteiger partial charge in [0.1, 0.15) is 5.75 Å². The van der Waals surface area contributed by atoms with Crippen LogP contribution in [0.4, 0.5) is 5.69 Å². The van der Waals surface area contributed by atoms with Crippen molar-refractivity contribution in [1.29, 1.82) is 0 Å². The summed E-state index contributed by atoms with van der Waals surface area (Å²) in [7, 11) is 3.76. The number of hydrogen-bond acceptors (Lipinski definition) is 4. The van der Waals surface area contributed by atoms with Crippen molar-refractivity contribution in [3.8, 4) is 5.75 Å². The van der Waals surface area contributed by atoms with E-state index in [1.807, 2.05) is 18.2 Å². The third-order valence-electron chi connectivity index (χ3n) is 3.97. The molecule has 0 aromatic heterocycles. The van der Waals surface area contributed by atoms with E-state index in [2.05, 4.69) is 30.3 Å². The molecule has 1 aliphatic rings. The molecule has 2 N–H and O–H groups in total. The SMILES string of the molecule is COc1cccc(N(C)CCC(C)(CO)NC2CC2)c1. The second kappa shape index (κ2) is 6.46. The summed E-state index contributed by atoms with van der Waals surface area (Å²) in [5, 5.41) is 13.2.